The van der Waals surface area contributed by atoms with E-state index >= 15 is 0 Å². The van der Waals surface area contributed by atoms with Crippen molar-refractivity contribution in [3.63, 3.8) is 0 Å². The van der Waals surface area contributed by atoms with E-state index in [1.807, 2.05) is 0 Å². The van der Waals surface area contributed by atoms with Gasteiger partial charge >= 0.3 is 21.5 Å². The van der Waals surface area contributed by atoms with Crippen molar-refractivity contribution in [3.05, 3.63) is 59.7 Å². The minimum Gasteiger partial charge on any atom is -0.494 e. The predicted octanol–water partition coefficient (Wildman–Crippen LogP) is 5.92. The number of ether oxygens (including phenoxy) is 2. The number of hydrogen-bond donors (Lipinski definition) is 2. The second-order valence-electron chi connectivity index (χ2n) is 8.71. The van der Waals surface area contributed by atoms with E-state index in [-0.39, 0.29) is 37.1 Å². The highest BCUT2D eigenvalue weighted by Crippen LogP contribution is 2.32. The molecule has 0 aliphatic rings. The lowest BCUT2D eigenvalue weighted by molar-refractivity contribution is -0.138. The third-order valence-corrected chi connectivity index (χ3v) is 8.14. The molecule has 0 fully saturated rings. The highest BCUT2D eigenvalue weighted by molar-refractivity contribution is 8.70. The summed E-state index contributed by atoms with van der Waals surface area (Å²) in [6.07, 6.45) is -6.23. The molecule has 232 valence electrons. The fourth-order valence-corrected chi connectivity index (χ4v) is 5.38. The van der Waals surface area contributed by atoms with E-state index in [2.05, 4.69) is 10.6 Å². The summed E-state index contributed by atoms with van der Waals surface area (Å²) >= 11 is 0. The Morgan fingerprint density at radius 1 is 0.659 bits per heavy atom. The van der Waals surface area contributed by atoms with Gasteiger partial charge in [0.05, 0.1) is 30.9 Å². The van der Waals surface area contributed by atoms with Gasteiger partial charge in [0.1, 0.15) is 11.5 Å². The molecule has 0 aromatic heterocycles. The monoisotopic (exact) mass is 632 g/mol. The smallest absolute Gasteiger partial charge is 0.416 e. The predicted molar refractivity (Wildman–Crippen MR) is 145 cm³/mol. The summed E-state index contributed by atoms with van der Waals surface area (Å²) in [5.74, 6) is 0.593. The normalized spacial score (nSPS) is 12.4. The summed E-state index contributed by atoms with van der Waals surface area (Å²) < 4.78 is 116. The van der Waals surface area contributed by atoms with E-state index in [4.69, 9.17) is 13.7 Å². The van der Waals surface area contributed by atoms with Gasteiger partial charge in [-0.3, -0.25) is 4.18 Å². The molecule has 0 aliphatic carbocycles. The van der Waals surface area contributed by atoms with Crippen molar-refractivity contribution < 1.29 is 48.4 Å². The molecule has 0 unspecified atom stereocenters. The van der Waals surface area contributed by atoms with Crippen LogP contribution in [0.5, 0.6) is 11.5 Å². The maximum absolute atomic E-state index is 12.7. The summed E-state index contributed by atoms with van der Waals surface area (Å²) in [5, 5.41) is 6.12. The first-order chi connectivity index (χ1) is 19.4. The first-order valence-electron chi connectivity index (χ1n) is 12.9. The Morgan fingerprint density at radius 3 is 1.63 bits per heavy atom. The van der Waals surface area contributed by atoms with Gasteiger partial charge in [-0.15, -0.1) is 0 Å². The van der Waals surface area contributed by atoms with Crippen LogP contribution < -0.4 is 20.1 Å². The van der Waals surface area contributed by atoms with Gasteiger partial charge in [-0.25, -0.2) is 0 Å². The molecule has 0 saturated carbocycles. The van der Waals surface area contributed by atoms with Crippen molar-refractivity contribution in [1.82, 2.24) is 10.6 Å². The Bertz CT molecular complexity index is 1050. The molecule has 0 heterocycles. The van der Waals surface area contributed by atoms with Gasteiger partial charge in [0, 0.05) is 18.8 Å². The van der Waals surface area contributed by atoms with E-state index < -0.39 is 32.6 Å². The lowest BCUT2D eigenvalue weighted by atomic mass is 10.2. The molecule has 15 heteroatoms. The second-order valence-corrected chi connectivity index (χ2v) is 12.3. The van der Waals surface area contributed by atoms with Gasteiger partial charge < -0.3 is 20.1 Å². The van der Waals surface area contributed by atoms with E-state index in [1.54, 1.807) is 0 Å². The molecule has 0 spiro atoms. The second kappa shape index (κ2) is 17.7. The van der Waals surface area contributed by atoms with Gasteiger partial charge in [0.15, 0.2) is 0 Å². The van der Waals surface area contributed by atoms with Crippen molar-refractivity contribution in [2.75, 3.05) is 51.8 Å². The lowest BCUT2D eigenvalue weighted by Crippen LogP contribution is -2.23. The highest BCUT2D eigenvalue weighted by Gasteiger charge is 2.31. The summed E-state index contributed by atoms with van der Waals surface area (Å²) in [4.78, 5) is 0. The average Bonchev–Trinajstić information content (AvgIpc) is 2.90. The first-order valence-corrected chi connectivity index (χ1v) is 15.8. The molecule has 0 atom stereocenters. The molecule has 0 saturated heterocycles. The van der Waals surface area contributed by atoms with E-state index in [0.717, 1.165) is 24.3 Å². The van der Waals surface area contributed by atoms with Gasteiger partial charge in [-0.05, 0) is 86.0 Å². The van der Waals surface area contributed by atoms with E-state index in [9.17, 15) is 34.8 Å². The Labute approximate surface area is 239 Å². The molecular formula is C26H34F6N2O5S2. The molecule has 0 aliphatic heterocycles. The Kier molecular flexibility index (Phi) is 15.1. The van der Waals surface area contributed by atoms with Crippen LogP contribution in [-0.2, 0) is 25.7 Å². The number of benzene rings is 2. The van der Waals surface area contributed by atoms with Crippen LogP contribution in [0.2, 0.25) is 0 Å². The van der Waals surface area contributed by atoms with Gasteiger partial charge in [0.2, 0.25) is 0 Å². The maximum atomic E-state index is 12.7. The van der Waals surface area contributed by atoms with Gasteiger partial charge in [-0.2, -0.15) is 34.8 Å². The molecular weight excluding hydrogens is 598 g/mol. The maximum Gasteiger partial charge on any atom is 0.416 e. The number of halogens is 6. The van der Waals surface area contributed by atoms with Crippen LogP contribution in [-0.4, -0.2) is 60.2 Å². The lowest BCUT2D eigenvalue weighted by Gasteiger charge is -2.10. The molecule has 7 nitrogen and oxygen atoms in total. The van der Waals surface area contributed by atoms with Crippen molar-refractivity contribution in [3.8, 4) is 11.5 Å². The summed E-state index contributed by atoms with van der Waals surface area (Å²) in [5.41, 5.74) is -1.53. The summed E-state index contributed by atoms with van der Waals surface area (Å²) in [6, 6.07) is 9.39. The molecule has 2 aromatic carbocycles. The summed E-state index contributed by atoms with van der Waals surface area (Å²) in [6.45, 7) is 2.40. The van der Waals surface area contributed by atoms with Crippen LogP contribution in [0.1, 0.15) is 36.8 Å². The van der Waals surface area contributed by atoms with Crippen molar-refractivity contribution in [1.29, 1.82) is 0 Å². The number of hydrogen-bond acceptors (Lipinski definition) is 8. The van der Waals surface area contributed by atoms with Gasteiger partial charge in [0.25, 0.3) is 0 Å². The SMILES string of the molecule is O=S(=O)(OCCNCCCCOc1cccc(C(F)(F)F)c1)SCCNCCCCOc1cccc(C(F)(F)F)c1. The highest BCUT2D eigenvalue weighted by atomic mass is 33.1. The molecule has 41 heavy (non-hydrogen) atoms. The minimum absolute atomic E-state index is 0.0324. The molecule has 0 bridgehead atoms. The Balaban J connectivity index is 1.41. The van der Waals surface area contributed by atoms with Gasteiger partial charge in [-0.1, -0.05) is 12.1 Å². The number of nitrogens with one attached hydrogen (secondary N) is 2. The largest absolute Gasteiger partial charge is 0.494 e. The third-order valence-electron chi connectivity index (χ3n) is 5.37. The number of rotatable bonds is 20. The molecule has 0 amide bonds. The van der Waals surface area contributed by atoms with E-state index in [0.29, 0.717) is 62.7 Å². The quantitative estimate of drug-likeness (QED) is 0.106. The fourth-order valence-electron chi connectivity index (χ4n) is 3.32. The molecule has 0 radical (unpaired) electrons. The van der Waals surface area contributed by atoms with Crippen molar-refractivity contribution in [2.45, 2.75) is 38.0 Å². The Morgan fingerprint density at radius 2 is 1.15 bits per heavy atom. The molecule has 2 N–H and O–H groups in total. The van der Waals surface area contributed by atoms with Crippen molar-refractivity contribution in [2.24, 2.45) is 0 Å². The van der Waals surface area contributed by atoms with Crippen LogP contribution in [0.25, 0.3) is 0 Å². The zero-order chi connectivity index (χ0) is 30.2. The zero-order valence-electron chi connectivity index (χ0n) is 22.2. The van der Waals surface area contributed by atoms with Crippen LogP contribution in [0.15, 0.2) is 48.5 Å². The van der Waals surface area contributed by atoms with Crippen LogP contribution in [0, 0.1) is 0 Å². The van der Waals surface area contributed by atoms with Crippen LogP contribution >= 0.6 is 10.8 Å². The molecule has 2 aromatic rings. The Hall–Kier alpha value is -2.20. The van der Waals surface area contributed by atoms with Crippen LogP contribution in [0.4, 0.5) is 26.3 Å². The standard InChI is InChI=1S/C26H34F6N2O5S2/c27-25(28,29)21-7-5-9-23(19-21)37-15-3-1-11-33-13-17-39-41(35,36)40-18-14-34-12-2-4-16-38-24-10-6-8-22(20-24)26(30,31)32/h5-10,19-20,33-34H,1-4,11-18H2. The number of alkyl halides is 6. The zero-order valence-corrected chi connectivity index (χ0v) is 23.9. The van der Waals surface area contributed by atoms with E-state index in [1.165, 1.54) is 24.3 Å². The topological polar surface area (TPSA) is 85.9 Å². The fraction of sp³-hybridized carbons (Fsp3) is 0.538. The summed E-state index contributed by atoms with van der Waals surface area (Å²) in [7, 11) is -3.06. The third kappa shape index (κ3) is 15.6. The minimum atomic E-state index is -4.42. The van der Waals surface area contributed by atoms with Crippen LogP contribution in [0.3, 0.4) is 0 Å². The van der Waals surface area contributed by atoms with Crippen molar-refractivity contribution >= 4 is 19.9 Å². The number of unbranched alkanes of at least 4 members (excludes halogenated alkanes) is 2. The molecule has 2 rings (SSSR count). The average molecular weight is 633 g/mol. The first kappa shape index (κ1) is 35.0.